The molecule has 0 unspecified atom stereocenters. The molecule has 0 saturated heterocycles. The minimum absolute atomic E-state index is 0.0757. The Bertz CT molecular complexity index is 1530. The maximum absolute atomic E-state index is 13.1. The van der Waals surface area contributed by atoms with Gasteiger partial charge in [-0.1, -0.05) is 24.3 Å². The summed E-state index contributed by atoms with van der Waals surface area (Å²) in [6.45, 7) is 6.08. The van der Waals surface area contributed by atoms with Crippen molar-refractivity contribution in [3.8, 4) is 17.2 Å². The fourth-order valence-corrected chi connectivity index (χ4v) is 4.22. The number of anilines is 1. The standard InChI is InChI=1S/C29H30N4O6/c1-18-9-11-25(24(13-18)33(35)36)39-17-22-7-6-8-23(14-22)29(34)30-28-19(2)31-32(20(28)3)16-21-10-12-26(37-4)27(15-21)38-5/h6-15H,16-17H2,1-5H3,(H,30,34). The summed E-state index contributed by atoms with van der Waals surface area (Å²) in [7, 11) is 3.18. The number of nitro groups is 1. The molecule has 0 spiro atoms. The number of ether oxygens (including phenoxy) is 3. The summed E-state index contributed by atoms with van der Waals surface area (Å²) in [5.74, 6) is 1.15. The zero-order valence-electron chi connectivity index (χ0n) is 22.5. The zero-order valence-corrected chi connectivity index (χ0v) is 22.5. The topological polar surface area (TPSA) is 118 Å². The molecule has 1 N–H and O–H groups in total. The summed E-state index contributed by atoms with van der Waals surface area (Å²) >= 11 is 0. The molecule has 0 radical (unpaired) electrons. The molecular formula is C29H30N4O6. The summed E-state index contributed by atoms with van der Waals surface area (Å²) in [4.78, 5) is 24.0. The third-order valence-corrected chi connectivity index (χ3v) is 6.29. The van der Waals surface area contributed by atoms with Crippen molar-refractivity contribution in [2.75, 3.05) is 19.5 Å². The van der Waals surface area contributed by atoms with Gasteiger partial charge in [0.05, 0.1) is 42.8 Å². The monoisotopic (exact) mass is 530 g/mol. The average Bonchev–Trinajstić information content (AvgIpc) is 3.19. The predicted molar refractivity (Wildman–Crippen MR) is 147 cm³/mol. The third-order valence-electron chi connectivity index (χ3n) is 6.29. The van der Waals surface area contributed by atoms with E-state index in [0.29, 0.717) is 40.6 Å². The number of nitrogens with one attached hydrogen (secondary N) is 1. The van der Waals surface area contributed by atoms with Gasteiger partial charge in [0.1, 0.15) is 6.61 Å². The van der Waals surface area contributed by atoms with Gasteiger partial charge in [-0.2, -0.15) is 5.10 Å². The lowest BCUT2D eigenvalue weighted by Gasteiger charge is -2.11. The Hall–Kier alpha value is -4.86. The SMILES string of the molecule is COc1ccc(Cn2nc(C)c(NC(=O)c3cccc(COc4ccc(C)cc4[N+](=O)[O-])c3)c2C)cc1OC. The highest BCUT2D eigenvalue weighted by atomic mass is 16.6. The Labute approximate surface area is 226 Å². The van der Waals surface area contributed by atoms with Crippen LogP contribution in [0.2, 0.25) is 0 Å². The quantitative estimate of drug-likeness (QED) is 0.209. The molecule has 1 heterocycles. The van der Waals surface area contributed by atoms with Crippen LogP contribution in [0.4, 0.5) is 11.4 Å². The normalized spacial score (nSPS) is 10.7. The van der Waals surface area contributed by atoms with Crippen LogP contribution in [0, 0.1) is 30.9 Å². The van der Waals surface area contributed by atoms with Crippen LogP contribution in [0.3, 0.4) is 0 Å². The molecule has 0 fully saturated rings. The number of rotatable bonds is 10. The molecule has 0 atom stereocenters. The van der Waals surface area contributed by atoms with Gasteiger partial charge in [-0.3, -0.25) is 19.6 Å². The van der Waals surface area contributed by atoms with Gasteiger partial charge >= 0.3 is 5.69 Å². The number of methoxy groups -OCH3 is 2. The molecule has 1 amide bonds. The molecule has 3 aromatic carbocycles. The molecular weight excluding hydrogens is 500 g/mol. The van der Waals surface area contributed by atoms with E-state index in [1.807, 2.05) is 36.7 Å². The van der Waals surface area contributed by atoms with Crippen LogP contribution >= 0.6 is 0 Å². The number of amides is 1. The number of nitro benzene ring substituents is 1. The summed E-state index contributed by atoms with van der Waals surface area (Å²) < 4.78 is 18.2. The average molecular weight is 531 g/mol. The highest BCUT2D eigenvalue weighted by Crippen LogP contribution is 2.30. The van der Waals surface area contributed by atoms with Gasteiger partial charge in [-0.15, -0.1) is 0 Å². The molecule has 10 heteroatoms. The number of aromatic nitrogens is 2. The van der Waals surface area contributed by atoms with Crippen LogP contribution in [0.5, 0.6) is 17.2 Å². The number of benzene rings is 3. The van der Waals surface area contributed by atoms with Gasteiger partial charge in [0.2, 0.25) is 0 Å². The van der Waals surface area contributed by atoms with Crippen molar-refractivity contribution in [3.05, 3.63) is 104 Å². The summed E-state index contributed by atoms with van der Waals surface area (Å²) in [5.41, 5.74) is 4.91. The van der Waals surface area contributed by atoms with Crippen molar-refractivity contribution in [2.45, 2.75) is 33.9 Å². The minimum atomic E-state index is -0.470. The second-order valence-corrected chi connectivity index (χ2v) is 9.06. The lowest BCUT2D eigenvalue weighted by Crippen LogP contribution is -2.14. The number of aryl methyl sites for hydroxylation is 2. The smallest absolute Gasteiger partial charge is 0.311 e. The first-order chi connectivity index (χ1) is 18.7. The van der Waals surface area contributed by atoms with Gasteiger partial charge in [0, 0.05) is 11.6 Å². The van der Waals surface area contributed by atoms with Gasteiger partial charge in [-0.05, 0) is 67.8 Å². The van der Waals surface area contributed by atoms with Crippen LogP contribution in [0.1, 0.15) is 38.4 Å². The van der Waals surface area contributed by atoms with E-state index >= 15 is 0 Å². The van der Waals surface area contributed by atoms with Gasteiger partial charge in [-0.25, -0.2) is 0 Å². The van der Waals surface area contributed by atoms with Crippen molar-refractivity contribution < 1.29 is 23.9 Å². The Balaban J connectivity index is 1.47. The maximum Gasteiger partial charge on any atom is 0.311 e. The highest BCUT2D eigenvalue weighted by Gasteiger charge is 2.18. The van der Waals surface area contributed by atoms with Crippen LogP contribution in [0.15, 0.2) is 60.7 Å². The molecule has 0 saturated carbocycles. The first kappa shape index (κ1) is 27.2. The first-order valence-corrected chi connectivity index (χ1v) is 12.2. The molecule has 202 valence electrons. The van der Waals surface area contributed by atoms with Crippen molar-refractivity contribution in [1.82, 2.24) is 9.78 Å². The van der Waals surface area contributed by atoms with E-state index in [0.717, 1.165) is 16.8 Å². The molecule has 4 rings (SSSR count). The Morgan fingerprint density at radius 3 is 2.41 bits per heavy atom. The molecule has 39 heavy (non-hydrogen) atoms. The van der Waals surface area contributed by atoms with E-state index in [9.17, 15) is 14.9 Å². The minimum Gasteiger partial charge on any atom is -0.493 e. The summed E-state index contributed by atoms with van der Waals surface area (Å²) in [6.07, 6.45) is 0. The summed E-state index contributed by atoms with van der Waals surface area (Å²) in [6, 6.07) is 17.4. The molecule has 4 aromatic rings. The fourth-order valence-electron chi connectivity index (χ4n) is 4.22. The van der Waals surface area contributed by atoms with Gasteiger partial charge in [0.15, 0.2) is 17.2 Å². The van der Waals surface area contributed by atoms with Crippen molar-refractivity contribution in [1.29, 1.82) is 0 Å². The van der Waals surface area contributed by atoms with Gasteiger partial charge in [0.25, 0.3) is 5.91 Å². The largest absolute Gasteiger partial charge is 0.493 e. The van der Waals surface area contributed by atoms with Crippen molar-refractivity contribution in [3.63, 3.8) is 0 Å². The summed E-state index contributed by atoms with van der Waals surface area (Å²) in [5, 5.41) is 19.0. The maximum atomic E-state index is 13.1. The second-order valence-electron chi connectivity index (χ2n) is 9.06. The van der Waals surface area contributed by atoms with E-state index in [1.165, 1.54) is 6.07 Å². The van der Waals surface area contributed by atoms with E-state index in [1.54, 1.807) is 57.5 Å². The molecule has 0 aliphatic rings. The van der Waals surface area contributed by atoms with E-state index in [2.05, 4.69) is 10.4 Å². The van der Waals surface area contributed by atoms with E-state index in [-0.39, 0.29) is 24.0 Å². The molecule has 0 aliphatic heterocycles. The highest BCUT2D eigenvalue weighted by molar-refractivity contribution is 6.05. The van der Waals surface area contributed by atoms with E-state index in [4.69, 9.17) is 14.2 Å². The van der Waals surface area contributed by atoms with Crippen LogP contribution in [-0.2, 0) is 13.2 Å². The molecule has 0 aliphatic carbocycles. The number of carbonyl (C=O) groups excluding carboxylic acids is 1. The van der Waals surface area contributed by atoms with E-state index < -0.39 is 4.92 Å². The number of nitrogens with zero attached hydrogens (tertiary/aromatic N) is 3. The number of hydrogen-bond donors (Lipinski definition) is 1. The molecule has 1 aromatic heterocycles. The van der Waals surface area contributed by atoms with Crippen LogP contribution in [-0.4, -0.2) is 34.8 Å². The van der Waals surface area contributed by atoms with Crippen molar-refractivity contribution in [2.24, 2.45) is 0 Å². The molecule has 0 bridgehead atoms. The molecule has 10 nitrogen and oxygen atoms in total. The van der Waals surface area contributed by atoms with Gasteiger partial charge < -0.3 is 19.5 Å². The zero-order chi connectivity index (χ0) is 28.1. The second kappa shape index (κ2) is 11.7. The number of hydrogen-bond acceptors (Lipinski definition) is 7. The first-order valence-electron chi connectivity index (χ1n) is 12.2. The fraction of sp³-hybridized carbons (Fsp3) is 0.241. The Kier molecular flexibility index (Phi) is 8.14. The Morgan fingerprint density at radius 1 is 0.949 bits per heavy atom. The van der Waals surface area contributed by atoms with Crippen LogP contribution < -0.4 is 19.5 Å². The Morgan fingerprint density at radius 2 is 1.69 bits per heavy atom. The van der Waals surface area contributed by atoms with Crippen LogP contribution in [0.25, 0.3) is 0 Å². The lowest BCUT2D eigenvalue weighted by molar-refractivity contribution is -0.386. The number of carbonyl (C=O) groups is 1. The van der Waals surface area contributed by atoms with Crippen molar-refractivity contribution >= 4 is 17.3 Å². The third kappa shape index (κ3) is 6.18. The lowest BCUT2D eigenvalue weighted by atomic mass is 10.1. The predicted octanol–water partition coefficient (Wildman–Crippen LogP) is 5.61.